The second-order valence-corrected chi connectivity index (χ2v) is 5.97. The number of hydrogen-bond donors (Lipinski definition) is 2. The van der Waals surface area contributed by atoms with Crippen LogP contribution < -0.4 is 15.5 Å². The summed E-state index contributed by atoms with van der Waals surface area (Å²) in [6.45, 7) is 2.84. The van der Waals surface area contributed by atoms with Gasteiger partial charge < -0.3 is 20.3 Å². The van der Waals surface area contributed by atoms with E-state index in [-0.39, 0.29) is 12.2 Å². The number of nitrogens with zero attached hydrogens (tertiary/aromatic N) is 2. The van der Waals surface area contributed by atoms with E-state index in [9.17, 15) is 18.0 Å². The van der Waals surface area contributed by atoms with Gasteiger partial charge in [0.2, 0.25) is 0 Å². The Kier molecular flexibility index (Phi) is 5.80. The van der Waals surface area contributed by atoms with Crippen LogP contribution in [0.1, 0.15) is 11.1 Å². The highest BCUT2D eigenvalue weighted by atomic mass is 19.4. The van der Waals surface area contributed by atoms with Crippen LogP contribution in [0, 0.1) is 0 Å². The van der Waals surface area contributed by atoms with Crippen LogP contribution in [0.2, 0.25) is 0 Å². The normalized spacial score (nSPS) is 14.7. The minimum absolute atomic E-state index is 0.0712. The van der Waals surface area contributed by atoms with Crippen molar-refractivity contribution in [1.82, 2.24) is 10.3 Å². The zero-order valence-electron chi connectivity index (χ0n) is 14.4. The van der Waals surface area contributed by atoms with Gasteiger partial charge in [0.15, 0.2) is 0 Å². The van der Waals surface area contributed by atoms with E-state index in [1.165, 1.54) is 12.1 Å². The second kappa shape index (κ2) is 8.26. The standard InChI is InChI=1S/C18H19F3N4O2/c19-18(20,21)14-4-1-5-15(11-14)24-17(26)23-12-13-3-2-6-22-16(13)25-7-9-27-10-8-25/h1-6,11H,7-10,12H2,(H2,23,24,26). The van der Waals surface area contributed by atoms with E-state index in [4.69, 9.17) is 4.74 Å². The van der Waals surface area contributed by atoms with E-state index in [0.29, 0.717) is 26.3 Å². The largest absolute Gasteiger partial charge is 0.416 e. The van der Waals surface area contributed by atoms with Gasteiger partial charge in [-0.15, -0.1) is 0 Å². The summed E-state index contributed by atoms with van der Waals surface area (Å²) in [4.78, 5) is 18.5. The van der Waals surface area contributed by atoms with Gasteiger partial charge in [-0.1, -0.05) is 12.1 Å². The molecule has 2 amide bonds. The van der Waals surface area contributed by atoms with Crippen LogP contribution >= 0.6 is 0 Å². The minimum atomic E-state index is -4.46. The van der Waals surface area contributed by atoms with Gasteiger partial charge in [-0.3, -0.25) is 0 Å². The van der Waals surface area contributed by atoms with Gasteiger partial charge in [-0.2, -0.15) is 13.2 Å². The third kappa shape index (κ3) is 5.10. The molecule has 0 unspecified atom stereocenters. The van der Waals surface area contributed by atoms with Crippen LogP contribution in [-0.4, -0.2) is 37.3 Å². The Morgan fingerprint density at radius 3 is 2.70 bits per heavy atom. The molecule has 0 saturated carbocycles. The molecule has 0 aliphatic carbocycles. The summed E-state index contributed by atoms with van der Waals surface area (Å²) in [6.07, 6.45) is -2.78. The number of carbonyl (C=O) groups excluding carboxylic acids is 1. The summed E-state index contributed by atoms with van der Waals surface area (Å²) in [5, 5.41) is 5.08. The molecule has 1 aromatic carbocycles. The first-order valence-corrected chi connectivity index (χ1v) is 8.42. The molecule has 6 nitrogen and oxygen atoms in total. The van der Waals surface area contributed by atoms with Crippen molar-refractivity contribution in [2.24, 2.45) is 0 Å². The molecule has 1 aromatic heterocycles. The van der Waals surface area contributed by atoms with Gasteiger partial charge in [0, 0.05) is 37.1 Å². The number of aromatic nitrogens is 1. The Morgan fingerprint density at radius 1 is 1.19 bits per heavy atom. The van der Waals surface area contributed by atoms with Crippen molar-refractivity contribution < 1.29 is 22.7 Å². The average molecular weight is 380 g/mol. The molecule has 0 spiro atoms. The third-order valence-corrected chi connectivity index (χ3v) is 4.07. The number of rotatable bonds is 4. The van der Waals surface area contributed by atoms with Crippen molar-refractivity contribution in [2.75, 3.05) is 36.5 Å². The quantitative estimate of drug-likeness (QED) is 0.855. The molecule has 0 atom stereocenters. The Hall–Kier alpha value is -2.81. The smallest absolute Gasteiger partial charge is 0.378 e. The SMILES string of the molecule is O=C(NCc1cccnc1N1CCOCC1)Nc1cccc(C(F)(F)F)c1. The molecule has 0 bridgehead atoms. The Morgan fingerprint density at radius 2 is 1.96 bits per heavy atom. The highest BCUT2D eigenvalue weighted by Crippen LogP contribution is 2.30. The number of hydrogen-bond acceptors (Lipinski definition) is 4. The topological polar surface area (TPSA) is 66.5 Å². The van der Waals surface area contributed by atoms with E-state index in [1.807, 2.05) is 6.07 Å². The highest BCUT2D eigenvalue weighted by Gasteiger charge is 2.30. The van der Waals surface area contributed by atoms with Gasteiger partial charge in [-0.25, -0.2) is 9.78 Å². The molecule has 27 heavy (non-hydrogen) atoms. The first-order valence-electron chi connectivity index (χ1n) is 8.42. The monoisotopic (exact) mass is 380 g/mol. The molecule has 2 heterocycles. The lowest BCUT2D eigenvalue weighted by Crippen LogP contribution is -2.38. The maximum absolute atomic E-state index is 12.7. The van der Waals surface area contributed by atoms with E-state index >= 15 is 0 Å². The minimum Gasteiger partial charge on any atom is -0.378 e. The van der Waals surface area contributed by atoms with Crippen molar-refractivity contribution in [2.45, 2.75) is 12.7 Å². The first kappa shape index (κ1) is 19.0. The fraction of sp³-hybridized carbons (Fsp3) is 0.333. The van der Waals surface area contributed by atoms with Crippen LogP contribution in [0.5, 0.6) is 0 Å². The van der Waals surface area contributed by atoms with Crippen LogP contribution in [-0.2, 0) is 17.5 Å². The lowest BCUT2D eigenvalue weighted by atomic mass is 10.2. The lowest BCUT2D eigenvalue weighted by molar-refractivity contribution is -0.137. The summed E-state index contributed by atoms with van der Waals surface area (Å²) in [5.41, 5.74) is 0.0719. The molecule has 3 rings (SSSR count). The van der Waals surface area contributed by atoms with E-state index < -0.39 is 17.8 Å². The van der Waals surface area contributed by atoms with Gasteiger partial charge in [0.25, 0.3) is 0 Å². The number of alkyl halides is 3. The lowest BCUT2D eigenvalue weighted by Gasteiger charge is -2.29. The van der Waals surface area contributed by atoms with Crippen molar-refractivity contribution in [3.63, 3.8) is 0 Å². The molecular weight excluding hydrogens is 361 g/mol. The van der Waals surface area contributed by atoms with Crippen LogP contribution in [0.3, 0.4) is 0 Å². The van der Waals surface area contributed by atoms with Crippen LogP contribution in [0.15, 0.2) is 42.6 Å². The number of ether oxygens (including phenoxy) is 1. The number of amides is 2. The number of morpholine rings is 1. The van der Waals surface area contributed by atoms with Gasteiger partial charge in [0.05, 0.1) is 18.8 Å². The molecule has 1 aliphatic rings. The third-order valence-electron chi connectivity index (χ3n) is 4.07. The zero-order chi connectivity index (χ0) is 19.3. The highest BCUT2D eigenvalue weighted by molar-refractivity contribution is 5.89. The summed E-state index contributed by atoms with van der Waals surface area (Å²) in [7, 11) is 0. The molecule has 9 heteroatoms. The number of pyridine rings is 1. The molecule has 2 N–H and O–H groups in total. The molecule has 0 radical (unpaired) electrons. The summed E-state index contributed by atoms with van der Waals surface area (Å²) in [5.74, 6) is 0.764. The fourth-order valence-electron chi connectivity index (χ4n) is 2.75. The maximum Gasteiger partial charge on any atom is 0.416 e. The van der Waals surface area contributed by atoms with Gasteiger partial charge in [-0.05, 0) is 24.3 Å². The molecular formula is C18H19F3N4O2. The van der Waals surface area contributed by atoms with Crippen molar-refractivity contribution in [3.8, 4) is 0 Å². The van der Waals surface area contributed by atoms with Crippen LogP contribution in [0.25, 0.3) is 0 Å². The Bertz CT molecular complexity index is 792. The molecule has 1 fully saturated rings. The van der Waals surface area contributed by atoms with Crippen LogP contribution in [0.4, 0.5) is 29.5 Å². The number of anilines is 2. The molecule has 1 aliphatic heterocycles. The Balaban J connectivity index is 1.62. The van der Waals surface area contributed by atoms with Gasteiger partial charge in [0.1, 0.15) is 5.82 Å². The molecule has 144 valence electrons. The average Bonchev–Trinajstić information content (AvgIpc) is 2.67. The number of nitrogens with one attached hydrogen (secondary N) is 2. The molecule has 2 aromatic rings. The van der Waals surface area contributed by atoms with E-state index in [0.717, 1.165) is 23.5 Å². The predicted octanol–water partition coefficient (Wildman–Crippen LogP) is 3.26. The number of benzene rings is 1. The fourth-order valence-corrected chi connectivity index (χ4v) is 2.75. The van der Waals surface area contributed by atoms with E-state index in [1.54, 1.807) is 12.3 Å². The van der Waals surface area contributed by atoms with Gasteiger partial charge >= 0.3 is 12.2 Å². The number of urea groups is 1. The summed E-state index contributed by atoms with van der Waals surface area (Å²) < 4.78 is 43.6. The maximum atomic E-state index is 12.7. The number of carbonyl (C=O) groups is 1. The molecule has 1 saturated heterocycles. The predicted molar refractivity (Wildman–Crippen MR) is 94.6 cm³/mol. The summed E-state index contributed by atoms with van der Waals surface area (Å²) >= 11 is 0. The Labute approximate surface area is 154 Å². The van der Waals surface area contributed by atoms with Crippen molar-refractivity contribution >= 4 is 17.5 Å². The summed E-state index contributed by atoms with van der Waals surface area (Å²) in [6, 6.07) is 7.52. The zero-order valence-corrected chi connectivity index (χ0v) is 14.4. The first-order chi connectivity index (χ1) is 12.9. The van der Waals surface area contributed by atoms with Crippen molar-refractivity contribution in [3.05, 3.63) is 53.7 Å². The second-order valence-electron chi connectivity index (χ2n) is 5.97. The van der Waals surface area contributed by atoms with E-state index in [2.05, 4.69) is 20.5 Å². The number of halogens is 3. The van der Waals surface area contributed by atoms with Crippen molar-refractivity contribution in [1.29, 1.82) is 0 Å².